The van der Waals surface area contributed by atoms with E-state index in [-0.39, 0.29) is 0 Å². The van der Waals surface area contributed by atoms with Gasteiger partial charge in [0.15, 0.2) is 0 Å². The summed E-state index contributed by atoms with van der Waals surface area (Å²) < 4.78 is 10.5. The number of hydrogen-bond donors (Lipinski definition) is 0. The van der Waals surface area contributed by atoms with Gasteiger partial charge in [-0.25, -0.2) is 0 Å². The van der Waals surface area contributed by atoms with Crippen molar-refractivity contribution in [3.63, 3.8) is 0 Å². The quantitative estimate of drug-likeness (QED) is 0.166. The van der Waals surface area contributed by atoms with Gasteiger partial charge >= 0.3 is 0 Å². The normalized spacial score (nSPS) is 12.8. The van der Waals surface area contributed by atoms with E-state index in [1.807, 2.05) is 22.7 Å². The summed E-state index contributed by atoms with van der Waals surface area (Å²) in [5.74, 6) is 0. The minimum atomic E-state index is 1.26. The maximum atomic E-state index is 2.58. The Hall–Kier alpha value is -6.98. The summed E-state index contributed by atoms with van der Waals surface area (Å²) in [5, 5.41) is 16.0. The first kappa shape index (κ1) is 30.2. The highest BCUT2D eigenvalue weighted by Crippen LogP contribution is 2.53. The number of rotatable bonds is 2. The van der Waals surface area contributed by atoms with Gasteiger partial charge < -0.3 is 8.80 Å². The molecule has 0 amide bonds. The molecule has 0 bridgehead atoms. The smallest absolute Gasteiger partial charge is 0.0634 e. The molecule has 0 aliphatic rings. The molecule has 0 unspecified atom stereocenters. The van der Waals surface area contributed by atoms with Gasteiger partial charge in [0.2, 0.25) is 0 Å². The predicted molar refractivity (Wildman–Crippen MR) is 252 cm³/mol. The number of fused-ring (bicyclic) bond motifs is 20. The van der Waals surface area contributed by atoms with E-state index in [1.54, 1.807) is 0 Å². The third-order valence-corrected chi connectivity index (χ3v) is 15.6. The van der Waals surface area contributed by atoms with Gasteiger partial charge in [0, 0.05) is 83.4 Å². The van der Waals surface area contributed by atoms with E-state index < -0.39 is 0 Å². The van der Waals surface area contributed by atoms with Gasteiger partial charge in [-0.05, 0) is 58.7 Å². The van der Waals surface area contributed by atoms with Crippen LogP contribution in [0.3, 0.4) is 0 Å². The summed E-state index contributed by atoms with van der Waals surface area (Å²) in [7, 11) is 0. The first-order chi connectivity index (χ1) is 28.8. The van der Waals surface area contributed by atoms with E-state index in [9.17, 15) is 0 Å². The SMILES string of the molecule is c1ccc2c(c1)sc1c(-c3ccc4c5c6c7ccccc7n7c8cc(-c9cccc%10c9sc9ccccc9%10)ccc8c(c8c9ccccc9n(c4c3)c85)c67)cccc12. The topological polar surface area (TPSA) is 8.82 Å². The van der Waals surface area contributed by atoms with E-state index in [0.717, 1.165) is 0 Å². The fourth-order valence-corrected chi connectivity index (χ4v) is 13.3. The molecule has 0 saturated carbocycles. The third kappa shape index (κ3) is 3.53. The van der Waals surface area contributed by atoms with E-state index in [1.165, 1.54) is 139 Å². The molecule has 58 heavy (non-hydrogen) atoms. The van der Waals surface area contributed by atoms with Crippen LogP contribution in [0, 0.1) is 0 Å². The van der Waals surface area contributed by atoms with Crippen molar-refractivity contribution < 1.29 is 0 Å². The number of aromatic nitrogens is 2. The first-order valence-electron chi connectivity index (χ1n) is 19.9. The molecular formula is C54H28N2S2. The fraction of sp³-hybridized carbons (Fsp3) is 0. The predicted octanol–water partition coefficient (Wildman–Crippen LogP) is 16.1. The van der Waals surface area contributed by atoms with Gasteiger partial charge in [-0.3, -0.25) is 0 Å². The van der Waals surface area contributed by atoms with Crippen LogP contribution in [0.5, 0.6) is 0 Å². The summed E-state index contributed by atoms with van der Waals surface area (Å²) in [6.07, 6.45) is 0. The van der Waals surface area contributed by atoms with E-state index in [0.29, 0.717) is 0 Å². The van der Waals surface area contributed by atoms with Crippen molar-refractivity contribution in [1.82, 2.24) is 8.80 Å². The standard InChI is InChI=1S/C54H28N2S2/c1-5-19-41-37(13-1)47-49-39-25-23-30(32-16-10-18-36-34-12-4-8-22-46(34)58-54(32)36)28-44(39)56-42-20-6-2-14-38(42)48(52(49)56)50-40-26-24-29(27-43(40)55(41)51(47)50)31-15-9-17-35-33-11-3-7-21-45(33)57-53(31)35/h1-28H. The van der Waals surface area contributed by atoms with Crippen molar-refractivity contribution in [2.75, 3.05) is 0 Å². The van der Waals surface area contributed by atoms with Crippen LogP contribution < -0.4 is 0 Å². The Labute approximate surface area is 338 Å². The Bertz CT molecular complexity index is 3990. The average molecular weight is 769 g/mol. The molecule has 0 N–H and O–H groups in total. The van der Waals surface area contributed by atoms with E-state index in [4.69, 9.17) is 0 Å². The van der Waals surface area contributed by atoms with Gasteiger partial charge in [0.1, 0.15) is 0 Å². The Morgan fingerprint density at radius 2 is 0.672 bits per heavy atom. The Balaban J connectivity index is 1.09. The van der Waals surface area contributed by atoms with Crippen molar-refractivity contribution >= 4 is 139 Å². The molecule has 4 heteroatoms. The zero-order chi connectivity index (χ0) is 37.4. The molecule has 6 aromatic heterocycles. The molecule has 0 spiro atoms. The van der Waals surface area contributed by atoms with Crippen molar-refractivity contribution in [3.05, 3.63) is 170 Å². The molecule has 0 saturated heterocycles. The zero-order valence-corrected chi connectivity index (χ0v) is 32.5. The lowest BCUT2D eigenvalue weighted by atomic mass is 9.96. The first-order valence-corrected chi connectivity index (χ1v) is 21.6. The summed E-state index contributed by atoms with van der Waals surface area (Å²) in [4.78, 5) is 0. The molecule has 0 aliphatic heterocycles. The number of para-hydroxylation sites is 2. The average Bonchev–Trinajstić information content (AvgIpc) is 4.12. The number of nitrogens with zero attached hydrogens (tertiary/aromatic N) is 2. The molecule has 9 aromatic carbocycles. The minimum absolute atomic E-state index is 1.26. The lowest BCUT2D eigenvalue weighted by Crippen LogP contribution is -1.83. The van der Waals surface area contributed by atoms with Crippen LogP contribution in [0.4, 0.5) is 0 Å². The number of thiophene rings is 2. The molecule has 2 nitrogen and oxygen atoms in total. The van der Waals surface area contributed by atoms with Crippen LogP contribution in [0.2, 0.25) is 0 Å². The third-order valence-electron chi connectivity index (χ3n) is 13.2. The van der Waals surface area contributed by atoms with Crippen LogP contribution >= 0.6 is 22.7 Å². The lowest BCUT2D eigenvalue weighted by Gasteiger charge is -2.06. The Kier molecular flexibility index (Phi) is 5.46. The highest BCUT2D eigenvalue weighted by Gasteiger charge is 2.29. The van der Waals surface area contributed by atoms with Crippen molar-refractivity contribution in [2.45, 2.75) is 0 Å². The molecular weight excluding hydrogens is 741 g/mol. The van der Waals surface area contributed by atoms with Crippen LogP contribution in [0.1, 0.15) is 0 Å². The lowest BCUT2D eigenvalue weighted by molar-refractivity contribution is 1.37. The maximum Gasteiger partial charge on any atom is 0.0634 e. The van der Waals surface area contributed by atoms with Gasteiger partial charge in [0.05, 0.1) is 33.1 Å². The summed E-state index contributed by atoms with van der Waals surface area (Å²) in [6, 6.07) is 63.9. The van der Waals surface area contributed by atoms with Crippen molar-refractivity contribution in [3.8, 4) is 22.3 Å². The zero-order valence-electron chi connectivity index (χ0n) is 30.9. The largest absolute Gasteiger partial charge is 0.308 e. The second-order valence-electron chi connectivity index (χ2n) is 15.9. The van der Waals surface area contributed by atoms with Gasteiger partial charge in [0.25, 0.3) is 0 Å². The van der Waals surface area contributed by atoms with Crippen LogP contribution in [-0.4, -0.2) is 8.80 Å². The van der Waals surface area contributed by atoms with Gasteiger partial charge in [-0.2, -0.15) is 0 Å². The Morgan fingerprint density at radius 3 is 1.14 bits per heavy atom. The monoisotopic (exact) mass is 768 g/mol. The summed E-state index contributed by atoms with van der Waals surface area (Å²) >= 11 is 3.81. The van der Waals surface area contributed by atoms with E-state index in [2.05, 4.69) is 179 Å². The highest BCUT2D eigenvalue weighted by atomic mass is 32.1. The van der Waals surface area contributed by atoms with Gasteiger partial charge in [-0.15, -0.1) is 22.7 Å². The second-order valence-corrected chi connectivity index (χ2v) is 18.0. The Morgan fingerprint density at radius 1 is 0.293 bits per heavy atom. The highest BCUT2D eigenvalue weighted by molar-refractivity contribution is 7.26. The van der Waals surface area contributed by atoms with Crippen LogP contribution in [0.15, 0.2) is 170 Å². The summed E-state index contributed by atoms with van der Waals surface area (Å²) in [5.41, 5.74) is 12.8. The van der Waals surface area contributed by atoms with Crippen molar-refractivity contribution in [1.29, 1.82) is 0 Å². The molecule has 15 rings (SSSR count). The second kappa shape index (κ2) is 10.5. The van der Waals surface area contributed by atoms with Crippen LogP contribution in [-0.2, 0) is 0 Å². The summed E-state index contributed by atoms with van der Waals surface area (Å²) in [6.45, 7) is 0. The molecule has 0 aliphatic carbocycles. The fourth-order valence-electron chi connectivity index (χ4n) is 10.9. The van der Waals surface area contributed by atoms with Gasteiger partial charge in [-0.1, -0.05) is 133 Å². The molecule has 266 valence electrons. The van der Waals surface area contributed by atoms with E-state index >= 15 is 0 Å². The van der Waals surface area contributed by atoms with Crippen LogP contribution in [0.25, 0.3) is 139 Å². The molecule has 15 aromatic rings. The molecule has 0 fully saturated rings. The minimum Gasteiger partial charge on any atom is -0.308 e. The maximum absolute atomic E-state index is 2.58. The molecule has 0 radical (unpaired) electrons. The number of benzene rings is 9. The molecule has 0 atom stereocenters. The number of hydrogen-bond acceptors (Lipinski definition) is 2. The van der Waals surface area contributed by atoms with Crippen molar-refractivity contribution in [2.24, 2.45) is 0 Å². The molecule has 6 heterocycles.